The van der Waals surface area contributed by atoms with E-state index in [9.17, 15) is 13.6 Å². The highest BCUT2D eigenvalue weighted by atomic mass is 32.1. The largest absolute Gasteiger partial charge is 0.322 e. The van der Waals surface area contributed by atoms with E-state index in [-0.39, 0.29) is 5.56 Å². The fraction of sp³-hybridized carbons (Fsp3) is 0. The maximum Gasteiger partial charge on any atom is 0.258 e. The van der Waals surface area contributed by atoms with Crippen molar-refractivity contribution in [3.8, 4) is 0 Å². The molecule has 6 heteroatoms. The fourth-order valence-corrected chi connectivity index (χ4v) is 2.61. The third-order valence-corrected chi connectivity index (χ3v) is 3.70. The van der Waals surface area contributed by atoms with Crippen LogP contribution in [0.2, 0.25) is 0 Å². The molecule has 20 heavy (non-hydrogen) atoms. The number of thiophene rings is 1. The van der Waals surface area contributed by atoms with Crippen LogP contribution in [0.25, 0.3) is 10.1 Å². The lowest BCUT2D eigenvalue weighted by atomic mass is 10.2. The Morgan fingerprint density at radius 1 is 1.20 bits per heavy atom. The van der Waals surface area contributed by atoms with Crippen molar-refractivity contribution in [2.45, 2.75) is 0 Å². The zero-order valence-electron chi connectivity index (χ0n) is 10.1. The third kappa shape index (κ3) is 2.25. The van der Waals surface area contributed by atoms with E-state index < -0.39 is 17.7 Å². The number of fused-ring (bicyclic) bond motifs is 1. The van der Waals surface area contributed by atoms with Gasteiger partial charge in [0.05, 0.1) is 5.56 Å². The number of carbonyl (C=O) groups excluding carboxylic acids is 1. The number of nitrogens with one attached hydrogen (secondary N) is 1. The molecule has 2 heterocycles. The molecular weight excluding hydrogens is 282 g/mol. The third-order valence-electron chi connectivity index (χ3n) is 2.80. The second-order valence-electron chi connectivity index (χ2n) is 4.09. The molecule has 0 atom stereocenters. The average Bonchev–Trinajstić information content (AvgIpc) is 2.89. The van der Waals surface area contributed by atoms with Crippen LogP contribution in [0, 0.1) is 11.8 Å². The number of aromatic nitrogens is 1. The molecule has 0 bridgehead atoms. The Morgan fingerprint density at radius 3 is 2.90 bits per heavy atom. The van der Waals surface area contributed by atoms with E-state index in [1.807, 2.05) is 17.5 Å². The SMILES string of the molecule is O=C(Nc1ccc2sccc2c1)c1ccnc(F)c1F. The number of anilines is 1. The van der Waals surface area contributed by atoms with Crippen LogP contribution in [-0.2, 0) is 0 Å². The topological polar surface area (TPSA) is 42.0 Å². The lowest BCUT2D eigenvalue weighted by Gasteiger charge is -2.06. The summed E-state index contributed by atoms with van der Waals surface area (Å²) in [5, 5.41) is 5.46. The maximum absolute atomic E-state index is 13.5. The van der Waals surface area contributed by atoms with E-state index >= 15 is 0 Å². The monoisotopic (exact) mass is 290 g/mol. The number of pyridine rings is 1. The van der Waals surface area contributed by atoms with Crippen molar-refractivity contribution in [3.63, 3.8) is 0 Å². The second kappa shape index (κ2) is 4.97. The molecule has 0 unspecified atom stereocenters. The normalized spacial score (nSPS) is 10.7. The number of halogens is 2. The van der Waals surface area contributed by atoms with Crippen LogP contribution in [0.5, 0.6) is 0 Å². The summed E-state index contributed by atoms with van der Waals surface area (Å²) in [5.74, 6) is -3.24. The van der Waals surface area contributed by atoms with Gasteiger partial charge in [0.2, 0.25) is 5.95 Å². The van der Waals surface area contributed by atoms with Crippen LogP contribution >= 0.6 is 11.3 Å². The molecule has 0 saturated carbocycles. The van der Waals surface area contributed by atoms with Crippen LogP contribution in [-0.4, -0.2) is 10.9 Å². The number of nitrogens with zero attached hydrogens (tertiary/aromatic N) is 1. The number of hydrogen-bond donors (Lipinski definition) is 1. The highest BCUT2D eigenvalue weighted by molar-refractivity contribution is 7.17. The van der Waals surface area contributed by atoms with Crippen molar-refractivity contribution >= 4 is 33.0 Å². The second-order valence-corrected chi connectivity index (χ2v) is 5.04. The molecule has 0 aliphatic carbocycles. The van der Waals surface area contributed by atoms with Crippen LogP contribution < -0.4 is 5.32 Å². The van der Waals surface area contributed by atoms with Gasteiger partial charge in [0.1, 0.15) is 0 Å². The van der Waals surface area contributed by atoms with E-state index in [1.54, 1.807) is 23.5 Å². The summed E-state index contributed by atoms with van der Waals surface area (Å²) in [6.45, 7) is 0. The van der Waals surface area contributed by atoms with E-state index in [0.717, 1.165) is 22.3 Å². The lowest BCUT2D eigenvalue weighted by Crippen LogP contribution is -2.15. The summed E-state index contributed by atoms with van der Waals surface area (Å²) in [6, 6.07) is 8.41. The molecular formula is C14H8F2N2OS. The average molecular weight is 290 g/mol. The van der Waals surface area contributed by atoms with Crippen LogP contribution in [0.1, 0.15) is 10.4 Å². The fourth-order valence-electron chi connectivity index (χ4n) is 1.84. The highest BCUT2D eigenvalue weighted by Gasteiger charge is 2.16. The van der Waals surface area contributed by atoms with E-state index in [4.69, 9.17) is 0 Å². The molecule has 3 rings (SSSR count). The highest BCUT2D eigenvalue weighted by Crippen LogP contribution is 2.24. The summed E-state index contributed by atoms with van der Waals surface area (Å²) in [6.07, 6.45) is 1.05. The predicted molar refractivity (Wildman–Crippen MR) is 73.9 cm³/mol. The van der Waals surface area contributed by atoms with E-state index in [1.165, 1.54) is 0 Å². The summed E-state index contributed by atoms with van der Waals surface area (Å²) in [4.78, 5) is 15.1. The van der Waals surface area contributed by atoms with Crippen molar-refractivity contribution in [2.75, 3.05) is 5.32 Å². The zero-order valence-corrected chi connectivity index (χ0v) is 10.9. The first-order valence-electron chi connectivity index (χ1n) is 5.74. The maximum atomic E-state index is 13.5. The molecule has 1 aromatic carbocycles. The summed E-state index contributed by atoms with van der Waals surface area (Å²) in [7, 11) is 0. The Kier molecular flexibility index (Phi) is 3.15. The van der Waals surface area contributed by atoms with Gasteiger partial charge in [-0.1, -0.05) is 0 Å². The Hall–Kier alpha value is -2.34. The van der Waals surface area contributed by atoms with Crippen LogP contribution in [0.4, 0.5) is 14.5 Å². The van der Waals surface area contributed by atoms with Gasteiger partial charge in [0.25, 0.3) is 5.91 Å². The molecule has 1 amide bonds. The molecule has 100 valence electrons. The van der Waals surface area contributed by atoms with Crippen molar-refractivity contribution in [1.82, 2.24) is 4.98 Å². The minimum Gasteiger partial charge on any atom is -0.322 e. The first-order valence-corrected chi connectivity index (χ1v) is 6.62. The molecule has 3 aromatic rings. The summed E-state index contributed by atoms with van der Waals surface area (Å²) >= 11 is 1.59. The first-order chi connectivity index (χ1) is 9.65. The summed E-state index contributed by atoms with van der Waals surface area (Å²) in [5.41, 5.74) is 0.153. The molecule has 3 nitrogen and oxygen atoms in total. The molecule has 0 aliphatic rings. The number of carbonyl (C=O) groups is 1. The molecule has 0 radical (unpaired) electrons. The van der Waals surface area contributed by atoms with Gasteiger partial charge < -0.3 is 5.32 Å². The Bertz CT molecular complexity index is 801. The van der Waals surface area contributed by atoms with Gasteiger partial charge in [-0.3, -0.25) is 4.79 Å². The van der Waals surface area contributed by atoms with Crippen LogP contribution in [0.3, 0.4) is 0 Å². The van der Waals surface area contributed by atoms with Crippen LogP contribution in [0.15, 0.2) is 41.9 Å². The lowest BCUT2D eigenvalue weighted by molar-refractivity contribution is 0.102. The Balaban J connectivity index is 1.90. The number of benzene rings is 1. The van der Waals surface area contributed by atoms with Gasteiger partial charge in [0.15, 0.2) is 5.82 Å². The van der Waals surface area contributed by atoms with Gasteiger partial charge in [-0.15, -0.1) is 11.3 Å². The minimum atomic E-state index is -1.29. The van der Waals surface area contributed by atoms with E-state index in [0.29, 0.717) is 5.69 Å². The number of amides is 1. The quantitative estimate of drug-likeness (QED) is 0.729. The smallest absolute Gasteiger partial charge is 0.258 e. The van der Waals surface area contributed by atoms with Crippen molar-refractivity contribution in [3.05, 3.63) is 59.2 Å². The predicted octanol–water partition coefficient (Wildman–Crippen LogP) is 3.83. The minimum absolute atomic E-state index is 0.372. The molecule has 1 N–H and O–H groups in total. The molecule has 0 fully saturated rings. The molecule has 0 saturated heterocycles. The standard InChI is InChI=1S/C14H8F2N2OS/c15-12-10(3-5-17-13(12)16)14(19)18-9-1-2-11-8(7-9)4-6-20-11/h1-7H,(H,18,19). The van der Waals surface area contributed by atoms with Crippen molar-refractivity contribution in [1.29, 1.82) is 0 Å². The molecule has 0 spiro atoms. The Morgan fingerprint density at radius 2 is 2.05 bits per heavy atom. The number of hydrogen-bond acceptors (Lipinski definition) is 3. The van der Waals surface area contributed by atoms with Crippen molar-refractivity contribution in [2.24, 2.45) is 0 Å². The van der Waals surface area contributed by atoms with Gasteiger partial charge in [-0.25, -0.2) is 9.37 Å². The van der Waals surface area contributed by atoms with E-state index in [2.05, 4.69) is 10.3 Å². The Labute approximate surface area is 116 Å². The molecule has 2 aromatic heterocycles. The zero-order chi connectivity index (χ0) is 14.1. The van der Waals surface area contributed by atoms with Gasteiger partial charge in [-0.2, -0.15) is 4.39 Å². The summed E-state index contributed by atoms with van der Waals surface area (Å²) < 4.78 is 27.5. The number of rotatable bonds is 2. The first kappa shape index (κ1) is 12.7. The van der Waals surface area contributed by atoms with Crippen molar-refractivity contribution < 1.29 is 13.6 Å². The molecule has 0 aliphatic heterocycles. The van der Waals surface area contributed by atoms with Gasteiger partial charge in [-0.05, 0) is 41.1 Å². The van der Waals surface area contributed by atoms with Gasteiger partial charge >= 0.3 is 0 Å². The van der Waals surface area contributed by atoms with Gasteiger partial charge in [0, 0.05) is 16.6 Å².